The van der Waals surface area contributed by atoms with Crippen LogP contribution in [0.1, 0.15) is 25.6 Å². The number of hydrogen-bond acceptors (Lipinski definition) is 5. The Bertz CT molecular complexity index is 434. The van der Waals surface area contributed by atoms with Crippen LogP contribution in [0, 0.1) is 6.92 Å². The highest BCUT2D eigenvalue weighted by atomic mass is 16.1. The highest BCUT2D eigenvalue weighted by molar-refractivity contribution is 5.79. The van der Waals surface area contributed by atoms with Gasteiger partial charge in [0.15, 0.2) is 0 Å². The summed E-state index contributed by atoms with van der Waals surface area (Å²) in [6, 6.07) is 2.00. The number of nitrogens with one attached hydrogen (secondary N) is 3. The quantitative estimate of drug-likeness (QED) is 0.723. The Kier molecular flexibility index (Phi) is 3.96. The predicted octanol–water partition coefficient (Wildman–Crippen LogP) is 0.907. The molecule has 0 spiro atoms. The van der Waals surface area contributed by atoms with Gasteiger partial charge in [0.1, 0.15) is 17.5 Å². The zero-order chi connectivity index (χ0) is 13.0. The largest absolute Gasteiger partial charge is 0.370 e. The van der Waals surface area contributed by atoms with Gasteiger partial charge in [0.05, 0.1) is 6.04 Å². The van der Waals surface area contributed by atoms with E-state index in [-0.39, 0.29) is 11.9 Å². The number of nitrogens with zero attached hydrogens (tertiary/aromatic N) is 2. The number of aryl methyl sites for hydroxylation is 1. The van der Waals surface area contributed by atoms with Crippen LogP contribution in [0.4, 0.5) is 11.6 Å². The van der Waals surface area contributed by atoms with Gasteiger partial charge in [0.2, 0.25) is 5.91 Å². The number of anilines is 2. The SMILES string of the molecule is CCCNc1cc(NC2CNC(=O)C2)nc(C)n1. The number of rotatable bonds is 5. The van der Waals surface area contributed by atoms with Gasteiger partial charge in [0.25, 0.3) is 0 Å². The normalized spacial score (nSPS) is 18.6. The maximum atomic E-state index is 11.1. The van der Waals surface area contributed by atoms with Crippen molar-refractivity contribution < 1.29 is 4.79 Å². The number of hydrogen-bond donors (Lipinski definition) is 3. The summed E-state index contributed by atoms with van der Waals surface area (Å²) in [4.78, 5) is 19.8. The molecule has 1 aliphatic rings. The van der Waals surface area contributed by atoms with Crippen LogP contribution in [-0.4, -0.2) is 35.0 Å². The van der Waals surface area contributed by atoms with E-state index >= 15 is 0 Å². The molecule has 98 valence electrons. The van der Waals surface area contributed by atoms with E-state index in [1.54, 1.807) is 0 Å². The molecular weight excluding hydrogens is 230 g/mol. The Hall–Kier alpha value is -1.85. The summed E-state index contributed by atoms with van der Waals surface area (Å²) in [7, 11) is 0. The fraction of sp³-hybridized carbons (Fsp3) is 0.583. The molecule has 3 N–H and O–H groups in total. The summed E-state index contributed by atoms with van der Waals surface area (Å²) in [5, 5.41) is 9.28. The molecule has 18 heavy (non-hydrogen) atoms. The van der Waals surface area contributed by atoms with Crippen LogP contribution in [0.2, 0.25) is 0 Å². The van der Waals surface area contributed by atoms with E-state index in [9.17, 15) is 4.79 Å². The number of carbonyl (C=O) groups excluding carboxylic acids is 1. The van der Waals surface area contributed by atoms with Gasteiger partial charge < -0.3 is 16.0 Å². The second-order valence-corrected chi connectivity index (χ2v) is 4.46. The molecule has 1 aliphatic heterocycles. The molecule has 1 atom stereocenters. The molecule has 6 heteroatoms. The minimum atomic E-state index is 0.0857. The summed E-state index contributed by atoms with van der Waals surface area (Å²) in [6.07, 6.45) is 1.55. The Morgan fingerprint density at radius 3 is 2.89 bits per heavy atom. The molecule has 6 nitrogen and oxygen atoms in total. The van der Waals surface area contributed by atoms with Crippen LogP contribution < -0.4 is 16.0 Å². The molecule has 1 aromatic heterocycles. The van der Waals surface area contributed by atoms with Crippen molar-refractivity contribution in [3.05, 3.63) is 11.9 Å². The van der Waals surface area contributed by atoms with E-state index in [2.05, 4.69) is 32.8 Å². The summed E-state index contributed by atoms with van der Waals surface area (Å²) in [5.41, 5.74) is 0. The third-order valence-corrected chi connectivity index (χ3v) is 2.72. The van der Waals surface area contributed by atoms with Gasteiger partial charge in [-0.2, -0.15) is 0 Å². The van der Waals surface area contributed by atoms with E-state index in [0.29, 0.717) is 13.0 Å². The standard InChI is InChI=1S/C12H19N5O/c1-3-4-13-10-6-11(16-8(2)15-10)17-9-5-12(18)14-7-9/h6,9H,3-5,7H2,1-2H3,(H,14,18)(H2,13,15,16,17). The van der Waals surface area contributed by atoms with Crippen molar-refractivity contribution in [2.24, 2.45) is 0 Å². The van der Waals surface area contributed by atoms with Crippen molar-refractivity contribution in [1.29, 1.82) is 0 Å². The zero-order valence-corrected chi connectivity index (χ0v) is 10.8. The van der Waals surface area contributed by atoms with Crippen molar-refractivity contribution in [3.8, 4) is 0 Å². The highest BCUT2D eigenvalue weighted by Crippen LogP contribution is 2.14. The van der Waals surface area contributed by atoms with Crippen molar-refractivity contribution in [2.75, 3.05) is 23.7 Å². The van der Waals surface area contributed by atoms with Gasteiger partial charge in [-0.3, -0.25) is 4.79 Å². The van der Waals surface area contributed by atoms with Gasteiger partial charge in [-0.05, 0) is 13.3 Å². The van der Waals surface area contributed by atoms with Crippen LogP contribution in [0.3, 0.4) is 0 Å². The Labute approximate surface area is 107 Å². The minimum Gasteiger partial charge on any atom is -0.370 e. The number of aromatic nitrogens is 2. The van der Waals surface area contributed by atoms with Gasteiger partial charge in [0, 0.05) is 25.6 Å². The fourth-order valence-electron chi connectivity index (χ4n) is 1.90. The average Bonchev–Trinajstić information content (AvgIpc) is 2.71. The van der Waals surface area contributed by atoms with Crippen LogP contribution in [0.25, 0.3) is 0 Å². The molecule has 0 aromatic carbocycles. The maximum absolute atomic E-state index is 11.1. The highest BCUT2D eigenvalue weighted by Gasteiger charge is 2.21. The van der Waals surface area contributed by atoms with Gasteiger partial charge in [-0.25, -0.2) is 9.97 Å². The lowest BCUT2D eigenvalue weighted by molar-refractivity contribution is -0.119. The first-order chi connectivity index (χ1) is 8.67. The first-order valence-corrected chi connectivity index (χ1v) is 6.30. The third-order valence-electron chi connectivity index (χ3n) is 2.72. The Morgan fingerprint density at radius 1 is 1.44 bits per heavy atom. The zero-order valence-electron chi connectivity index (χ0n) is 10.8. The van der Waals surface area contributed by atoms with Crippen molar-refractivity contribution in [1.82, 2.24) is 15.3 Å². The lowest BCUT2D eigenvalue weighted by Gasteiger charge is -2.13. The van der Waals surface area contributed by atoms with Gasteiger partial charge in [-0.1, -0.05) is 6.92 Å². The molecule has 1 unspecified atom stereocenters. The second kappa shape index (κ2) is 5.66. The molecule has 0 saturated carbocycles. The maximum Gasteiger partial charge on any atom is 0.222 e. The molecule has 2 rings (SSSR count). The average molecular weight is 249 g/mol. The van der Waals surface area contributed by atoms with Crippen LogP contribution >= 0.6 is 0 Å². The predicted molar refractivity (Wildman–Crippen MR) is 70.6 cm³/mol. The molecule has 0 radical (unpaired) electrons. The molecule has 1 amide bonds. The molecule has 0 bridgehead atoms. The smallest absolute Gasteiger partial charge is 0.222 e. The van der Waals surface area contributed by atoms with E-state index in [1.165, 1.54) is 0 Å². The molecule has 2 heterocycles. The summed E-state index contributed by atoms with van der Waals surface area (Å²) in [5.74, 6) is 2.39. The van der Waals surface area contributed by atoms with Crippen molar-refractivity contribution in [2.45, 2.75) is 32.7 Å². The monoisotopic (exact) mass is 249 g/mol. The third kappa shape index (κ3) is 3.32. The van der Waals surface area contributed by atoms with E-state index in [1.807, 2.05) is 13.0 Å². The first-order valence-electron chi connectivity index (χ1n) is 6.30. The van der Waals surface area contributed by atoms with Crippen LogP contribution in [-0.2, 0) is 4.79 Å². The van der Waals surface area contributed by atoms with Crippen molar-refractivity contribution in [3.63, 3.8) is 0 Å². The van der Waals surface area contributed by atoms with Gasteiger partial charge >= 0.3 is 0 Å². The lowest BCUT2D eigenvalue weighted by atomic mass is 10.2. The second-order valence-electron chi connectivity index (χ2n) is 4.46. The first kappa shape index (κ1) is 12.6. The number of carbonyl (C=O) groups is 1. The van der Waals surface area contributed by atoms with E-state index < -0.39 is 0 Å². The minimum absolute atomic E-state index is 0.0857. The fourth-order valence-corrected chi connectivity index (χ4v) is 1.90. The Balaban J connectivity index is 2.03. The summed E-state index contributed by atoms with van der Waals surface area (Å²) in [6.45, 7) is 5.51. The molecule has 1 saturated heterocycles. The van der Waals surface area contributed by atoms with Crippen LogP contribution in [0.15, 0.2) is 6.07 Å². The number of amides is 1. The molecule has 1 aromatic rings. The topological polar surface area (TPSA) is 78.9 Å². The molecule has 0 aliphatic carbocycles. The lowest BCUT2D eigenvalue weighted by Crippen LogP contribution is -2.23. The van der Waals surface area contributed by atoms with E-state index in [0.717, 1.165) is 30.4 Å². The molecule has 1 fully saturated rings. The van der Waals surface area contributed by atoms with Crippen molar-refractivity contribution >= 4 is 17.5 Å². The Morgan fingerprint density at radius 2 is 2.22 bits per heavy atom. The van der Waals surface area contributed by atoms with Crippen LogP contribution in [0.5, 0.6) is 0 Å². The van der Waals surface area contributed by atoms with Gasteiger partial charge in [-0.15, -0.1) is 0 Å². The summed E-state index contributed by atoms with van der Waals surface area (Å²) < 4.78 is 0. The summed E-state index contributed by atoms with van der Waals surface area (Å²) >= 11 is 0. The van der Waals surface area contributed by atoms with E-state index in [4.69, 9.17) is 0 Å². The molecular formula is C12H19N5O.